The summed E-state index contributed by atoms with van der Waals surface area (Å²) in [5.74, 6) is -1.43. The molecule has 0 aromatic heterocycles. The van der Waals surface area contributed by atoms with Gasteiger partial charge in [0.25, 0.3) is 0 Å². The molecule has 0 spiro atoms. The predicted octanol–water partition coefficient (Wildman–Crippen LogP) is 4.26. The normalized spacial score (nSPS) is 10.3. The highest BCUT2D eigenvalue weighted by molar-refractivity contribution is 6.31. The van der Waals surface area contributed by atoms with Crippen LogP contribution in [0.4, 0.5) is 5.69 Å². The molecule has 114 valence electrons. The zero-order valence-electron chi connectivity index (χ0n) is 11.5. The van der Waals surface area contributed by atoms with E-state index in [-0.39, 0.29) is 23.6 Å². The Hall–Kier alpha value is -2.04. The minimum atomic E-state index is -1.13. The summed E-state index contributed by atoms with van der Waals surface area (Å²) >= 11 is 11.9. The number of nitrogens with one attached hydrogen (secondary N) is 1. The van der Waals surface area contributed by atoms with E-state index >= 15 is 0 Å². The van der Waals surface area contributed by atoms with Crippen LogP contribution in [0.3, 0.4) is 0 Å². The average Bonchev–Trinajstić information content (AvgIpc) is 2.46. The largest absolute Gasteiger partial charge is 0.478 e. The Morgan fingerprint density at radius 2 is 1.82 bits per heavy atom. The molecule has 2 rings (SSSR count). The van der Waals surface area contributed by atoms with Crippen molar-refractivity contribution in [3.63, 3.8) is 0 Å². The molecule has 0 atom stereocenters. The number of aryl methyl sites for hydroxylation is 1. The van der Waals surface area contributed by atoms with Gasteiger partial charge in [-0.3, -0.25) is 4.79 Å². The lowest BCUT2D eigenvalue weighted by Crippen LogP contribution is -2.15. The molecule has 1 amide bonds. The third-order valence-electron chi connectivity index (χ3n) is 3.07. The van der Waals surface area contributed by atoms with Gasteiger partial charge in [-0.25, -0.2) is 4.79 Å². The summed E-state index contributed by atoms with van der Waals surface area (Å²) < 4.78 is 0. The summed E-state index contributed by atoms with van der Waals surface area (Å²) in [7, 11) is 0. The van der Waals surface area contributed by atoms with Gasteiger partial charge >= 0.3 is 5.97 Å². The zero-order valence-corrected chi connectivity index (χ0v) is 13.0. The fourth-order valence-electron chi connectivity index (χ4n) is 1.97. The van der Waals surface area contributed by atoms with Crippen LogP contribution in [-0.4, -0.2) is 17.0 Å². The summed E-state index contributed by atoms with van der Waals surface area (Å²) in [6, 6.07) is 11.5. The van der Waals surface area contributed by atoms with Crippen LogP contribution in [0.15, 0.2) is 42.5 Å². The maximum Gasteiger partial charge on any atom is 0.337 e. The smallest absolute Gasteiger partial charge is 0.337 e. The van der Waals surface area contributed by atoms with Gasteiger partial charge in [-0.05, 0) is 36.2 Å². The van der Waals surface area contributed by atoms with E-state index in [1.165, 1.54) is 18.2 Å². The van der Waals surface area contributed by atoms with E-state index in [4.69, 9.17) is 28.3 Å². The molecule has 6 heteroatoms. The van der Waals surface area contributed by atoms with Crippen molar-refractivity contribution < 1.29 is 14.7 Å². The Bertz CT molecular complexity index is 716. The second kappa shape index (κ2) is 7.29. The molecule has 2 aromatic rings. The molecule has 0 bridgehead atoms. The maximum atomic E-state index is 12.0. The lowest BCUT2D eigenvalue weighted by molar-refractivity contribution is -0.116. The molecule has 0 unspecified atom stereocenters. The van der Waals surface area contributed by atoms with E-state index in [0.717, 1.165) is 5.56 Å². The molecular formula is C16H13Cl2NO3. The number of benzene rings is 2. The van der Waals surface area contributed by atoms with Gasteiger partial charge in [-0.15, -0.1) is 0 Å². The van der Waals surface area contributed by atoms with Crippen LogP contribution in [0.5, 0.6) is 0 Å². The summed E-state index contributed by atoms with van der Waals surface area (Å²) in [5.41, 5.74) is 1.04. The molecule has 0 saturated carbocycles. The number of halogens is 2. The van der Waals surface area contributed by atoms with Gasteiger partial charge in [-0.1, -0.05) is 41.4 Å². The van der Waals surface area contributed by atoms with Gasteiger partial charge < -0.3 is 10.4 Å². The van der Waals surface area contributed by atoms with Gasteiger partial charge in [0, 0.05) is 16.5 Å². The first-order valence-corrected chi connectivity index (χ1v) is 7.29. The van der Waals surface area contributed by atoms with Crippen LogP contribution in [0, 0.1) is 0 Å². The van der Waals surface area contributed by atoms with Crippen LogP contribution in [0.1, 0.15) is 22.3 Å². The van der Waals surface area contributed by atoms with Gasteiger partial charge in [0.1, 0.15) is 0 Å². The van der Waals surface area contributed by atoms with Gasteiger partial charge in [0.05, 0.1) is 11.3 Å². The highest BCUT2D eigenvalue weighted by Crippen LogP contribution is 2.22. The monoisotopic (exact) mass is 337 g/mol. The zero-order chi connectivity index (χ0) is 16.1. The van der Waals surface area contributed by atoms with Gasteiger partial charge in [0.2, 0.25) is 5.91 Å². The Labute approximate surface area is 137 Å². The number of anilines is 1. The number of carboxylic acids is 1. The van der Waals surface area contributed by atoms with E-state index in [1.54, 1.807) is 6.07 Å². The first-order chi connectivity index (χ1) is 10.5. The molecular weight excluding hydrogens is 325 g/mol. The fourth-order valence-corrected chi connectivity index (χ4v) is 2.37. The molecule has 0 fully saturated rings. The predicted molar refractivity (Wildman–Crippen MR) is 86.8 cm³/mol. The minimum Gasteiger partial charge on any atom is -0.478 e. The van der Waals surface area contributed by atoms with E-state index in [0.29, 0.717) is 16.5 Å². The Morgan fingerprint density at radius 3 is 2.50 bits per heavy atom. The number of hydrogen-bond donors (Lipinski definition) is 2. The molecule has 2 N–H and O–H groups in total. The van der Waals surface area contributed by atoms with Crippen LogP contribution >= 0.6 is 23.2 Å². The lowest BCUT2D eigenvalue weighted by Gasteiger charge is -2.09. The highest BCUT2D eigenvalue weighted by Gasteiger charge is 2.13. The number of hydrogen-bond acceptors (Lipinski definition) is 2. The first kappa shape index (κ1) is 16.3. The number of rotatable bonds is 5. The summed E-state index contributed by atoms with van der Waals surface area (Å²) in [4.78, 5) is 23.1. The molecule has 0 aliphatic heterocycles. The number of aromatic carboxylic acids is 1. The fraction of sp³-hybridized carbons (Fsp3) is 0.125. The molecule has 2 aromatic carbocycles. The van der Waals surface area contributed by atoms with Crippen molar-refractivity contribution in [1.29, 1.82) is 0 Å². The van der Waals surface area contributed by atoms with Gasteiger partial charge in [-0.2, -0.15) is 0 Å². The van der Waals surface area contributed by atoms with E-state index < -0.39 is 5.97 Å². The summed E-state index contributed by atoms with van der Waals surface area (Å²) in [6.07, 6.45) is 0.657. The van der Waals surface area contributed by atoms with Crippen molar-refractivity contribution in [3.05, 3.63) is 63.6 Å². The van der Waals surface area contributed by atoms with E-state index in [9.17, 15) is 9.59 Å². The maximum absolute atomic E-state index is 12.0. The number of carbonyl (C=O) groups is 2. The van der Waals surface area contributed by atoms with Crippen molar-refractivity contribution in [2.75, 3.05) is 5.32 Å². The molecule has 0 heterocycles. The topological polar surface area (TPSA) is 66.4 Å². The van der Waals surface area contributed by atoms with Crippen LogP contribution in [0.25, 0.3) is 0 Å². The number of carbonyl (C=O) groups excluding carboxylic acids is 1. The Morgan fingerprint density at radius 1 is 1.09 bits per heavy atom. The van der Waals surface area contributed by atoms with Crippen LogP contribution in [-0.2, 0) is 11.2 Å². The third-order valence-corrected chi connectivity index (χ3v) is 3.67. The second-order valence-corrected chi connectivity index (χ2v) is 5.48. The lowest BCUT2D eigenvalue weighted by atomic mass is 10.1. The molecule has 4 nitrogen and oxygen atoms in total. The van der Waals surface area contributed by atoms with Crippen molar-refractivity contribution in [2.45, 2.75) is 12.8 Å². The van der Waals surface area contributed by atoms with Crippen molar-refractivity contribution in [3.8, 4) is 0 Å². The average molecular weight is 338 g/mol. The Kier molecular flexibility index (Phi) is 5.41. The molecule has 0 radical (unpaired) electrons. The molecule has 0 aliphatic carbocycles. The SMILES string of the molecule is O=C(CCc1ccccc1Cl)Nc1cc(Cl)ccc1C(=O)O. The molecule has 22 heavy (non-hydrogen) atoms. The first-order valence-electron chi connectivity index (χ1n) is 6.53. The molecule has 0 aliphatic rings. The summed E-state index contributed by atoms with van der Waals surface area (Å²) in [5, 5.41) is 12.6. The minimum absolute atomic E-state index is 0.00417. The number of amides is 1. The third kappa shape index (κ3) is 4.23. The summed E-state index contributed by atoms with van der Waals surface area (Å²) in [6.45, 7) is 0. The Balaban J connectivity index is 2.05. The van der Waals surface area contributed by atoms with Crippen molar-refractivity contribution >= 4 is 40.8 Å². The van der Waals surface area contributed by atoms with Crippen LogP contribution < -0.4 is 5.32 Å². The van der Waals surface area contributed by atoms with Crippen LogP contribution in [0.2, 0.25) is 10.0 Å². The molecule has 0 saturated heterocycles. The quantitative estimate of drug-likeness (QED) is 0.856. The van der Waals surface area contributed by atoms with Crippen molar-refractivity contribution in [2.24, 2.45) is 0 Å². The number of carboxylic acid groups (broad SMARTS) is 1. The highest BCUT2D eigenvalue weighted by atomic mass is 35.5. The second-order valence-electron chi connectivity index (χ2n) is 4.63. The van der Waals surface area contributed by atoms with Gasteiger partial charge in [0.15, 0.2) is 0 Å². The van der Waals surface area contributed by atoms with E-state index in [2.05, 4.69) is 5.32 Å². The van der Waals surface area contributed by atoms with E-state index in [1.807, 2.05) is 18.2 Å². The standard InChI is InChI=1S/C16H13Cl2NO3/c17-11-6-7-12(16(21)22)14(9-11)19-15(20)8-5-10-3-1-2-4-13(10)18/h1-4,6-7,9H,5,8H2,(H,19,20)(H,21,22). The van der Waals surface area contributed by atoms with Crippen molar-refractivity contribution in [1.82, 2.24) is 0 Å².